The van der Waals surface area contributed by atoms with Crippen molar-refractivity contribution in [3.8, 4) is 0 Å². The Hall–Kier alpha value is -2.55. The number of ether oxygens (including phenoxy) is 1. The lowest BCUT2D eigenvalue weighted by atomic mass is 10.0. The Labute approximate surface area is 495 Å². The molecule has 1 amide bonds. The number of carbonyl (C=O) groups excluding carboxylic acids is 2. The number of hydrogen-bond acceptors (Lipinski definition) is 7. The van der Waals surface area contributed by atoms with Crippen molar-refractivity contribution in [2.75, 3.05) is 40.9 Å². The van der Waals surface area contributed by atoms with Gasteiger partial charge in [-0.2, -0.15) is 0 Å². The highest BCUT2D eigenvalue weighted by atomic mass is 31.2. The van der Waals surface area contributed by atoms with Gasteiger partial charge in [-0.1, -0.05) is 287 Å². The Morgan fingerprint density at radius 2 is 0.850 bits per heavy atom. The van der Waals surface area contributed by atoms with Crippen LogP contribution in [0.3, 0.4) is 0 Å². The molecule has 0 aromatic carbocycles. The van der Waals surface area contributed by atoms with Gasteiger partial charge in [0, 0.05) is 12.8 Å². The zero-order chi connectivity index (χ0) is 58.6. The lowest BCUT2D eigenvalue weighted by Crippen LogP contribution is -2.47. The van der Waals surface area contributed by atoms with E-state index in [4.69, 9.17) is 13.8 Å². The zero-order valence-electron chi connectivity index (χ0n) is 53.3. The average molecular weight is 1140 g/mol. The van der Waals surface area contributed by atoms with Gasteiger partial charge < -0.3 is 28.5 Å². The SMILES string of the molecule is CC/C=C/C=C/C=C/CCCCCCCCCC(=O)NC(COP(=O)([O-])OCC[N+](C)(C)C)C(/C=C\CCCCCCCCCCCC)OC(=O)CCCCCCCCCCCCCCCCCCC/C=C\C/C=C\CCCCC. The third kappa shape index (κ3) is 60.1. The number of carbonyl (C=O) groups is 2. The van der Waals surface area contributed by atoms with Crippen molar-refractivity contribution in [2.24, 2.45) is 0 Å². The van der Waals surface area contributed by atoms with E-state index in [1.807, 2.05) is 33.3 Å². The Balaban J connectivity index is 5.02. The molecule has 10 heteroatoms. The van der Waals surface area contributed by atoms with Crippen LogP contribution < -0.4 is 10.2 Å². The second-order valence-corrected chi connectivity index (χ2v) is 25.4. The van der Waals surface area contributed by atoms with Gasteiger partial charge >= 0.3 is 5.97 Å². The summed E-state index contributed by atoms with van der Waals surface area (Å²) in [7, 11) is 1.18. The maximum absolute atomic E-state index is 13.5. The summed E-state index contributed by atoms with van der Waals surface area (Å²) >= 11 is 0. The molecular formula is C70H129N2O7P. The van der Waals surface area contributed by atoms with Gasteiger partial charge in [-0.05, 0) is 83.1 Å². The van der Waals surface area contributed by atoms with Crippen molar-refractivity contribution in [3.63, 3.8) is 0 Å². The molecule has 3 atom stereocenters. The highest BCUT2D eigenvalue weighted by Gasteiger charge is 2.27. The van der Waals surface area contributed by atoms with Gasteiger partial charge in [0.2, 0.25) is 5.91 Å². The summed E-state index contributed by atoms with van der Waals surface area (Å²) in [6, 6.07) is -0.896. The van der Waals surface area contributed by atoms with Crippen LogP contribution in [0, 0.1) is 0 Å². The zero-order valence-corrected chi connectivity index (χ0v) is 54.2. The predicted molar refractivity (Wildman–Crippen MR) is 344 cm³/mol. The third-order valence-corrected chi connectivity index (χ3v) is 15.9. The quantitative estimate of drug-likeness (QED) is 0.0161. The Kier molecular flexibility index (Phi) is 57.7. The van der Waals surface area contributed by atoms with E-state index in [9.17, 15) is 19.0 Å². The molecule has 3 unspecified atom stereocenters. The number of esters is 1. The maximum Gasteiger partial charge on any atom is 0.306 e. The number of nitrogens with one attached hydrogen (secondary N) is 1. The molecule has 1 N–H and O–H groups in total. The first-order chi connectivity index (χ1) is 38.9. The molecule has 0 aliphatic heterocycles. The fourth-order valence-electron chi connectivity index (χ4n) is 9.73. The molecule has 0 radical (unpaired) electrons. The second kappa shape index (κ2) is 59.6. The Bertz CT molecular complexity index is 1600. The number of quaternary nitrogens is 1. The number of phosphoric acid groups is 1. The van der Waals surface area contributed by atoms with Crippen molar-refractivity contribution in [1.29, 1.82) is 0 Å². The normalized spacial score (nSPS) is 14.0. The van der Waals surface area contributed by atoms with Crippen LogP contribution in [0.1, 0.15) is 310 Å². The highest BCUT2D eigenvalue weighted by molar-refractivity contribution is 7.45. The lowest BCUT2D eigenvalue weighted by molar-refractivity contribution is -0.870. The van der Waals surface area contributed by atoms with E-state index in [-0.39, 0.29) is 24.9 Å². The van der Waals surface area contributed by atoms with E-state index in [0.717, 1.165) is 83.5 Å². The van der Waals surface area contributed by atoms with Gasteiger partial charge in [-0.3, -0.25) is 14.2 Å². The van der Waals surface area contributed by atoms with Crippen LogP contribution in [0.2, 0.25) is 0 Å². The van der Waals surface area contributed by atoms with Crippen molar-refractivity contribution in [3.05, 3.63) is 72.9 Å². The molecule has 466 valence electrons. The largest absolute Gasteiger partial charge is 0.756 e. The number of amides is 1. The summed E-state index contributed by atoms with van der Waals surface area (Å²) in [5.41, 5.74) is 0. The second-order valence-electron chi connectivity index (χ2n) is 24.0. The van der Waals surface area contributed by atoms with E-state index in [0.29, 0.717) is 17.4 Å². The molecule has 80 heavy (non-hydrogen) atoms. The van der Waals surface area contributed by atoms with Crippen LogP contribution in [0.5, 0.6) is 0 Å². The number of allylic oxidation sites excluding steroid dienone is 11. The molecule has 0 aliphatic rings. The topological polar surface area (TPSA) is 114 Å². The maximum atomic E-state index is 13.5. The Morgan fingerprint density at radius 3 is 1.31 bits per heavy atom. The van der Waals surface area contributed by atoms with E-state index in [1.54, 1.807) is 0 Å². The molecule has 0 saturated heterocycles. The summed E-state index contributed by atoms with van der Waals surface area (Å²) < 4.78 is 30.4. The minimum atomic E-state index is -4.70. The van der Waals surface area contributed by atoms with Gasteiger partial charge in [0.25, 0.3) is 7.82 Å². The van der Waals surface area contributed by atoms with Crippen LogP contribution in [0.4, 0.5) is 0 Å². The highest BCUT2D eigenvalue weighted by Crippen LogP contribution is 2.38. The molecule has 0 bridgehead atoms. The molecule has 0 aliphatic carbocycles. The fraction of sp³-hybridized carbons (Fsp3) is 0.800. The standard InChI is InChI=1S/C70H129N2O7P/c1-7-10-13-16-19-22-25-28-30-31-32-33-34-35-36-37-38-39-40-41-43-45-48-51-54-57-60-63-70(74)79-68(61-58-55-52-49-46-27-24-21-18-15-12-9-3)67(66-78-80(75,76)77-65-64-72(4,5)6)71-69(73)62-59-56-53-50-47-44-42-29-26-23-20-17-14-11-8-2/h11,14,17,19-20,22-23,26,28,30,58,61,67-68H,7-10,12-13,15-16,18,21,24-25,27,29,31-57,59-60,62-66H2,1-6H3,(H-,71,73,75,76)/b14-11+,20-17+,22-19-,26-23+,30-28-,61-58-. The van der Waals surface area contributed by atoms with E-state index in [2.05, 4.69) is 86.8 Å². The van der Waals surface area contributed by atoms with Crippen LogP contribution in [0.15, 0.2) is 72.9 Å². The number of likely N-dealkylation sites (N-methyl/N-ethyl adjacent to an activating group) is 1. The molecule has 9 nitrogen and oxygen atoms in total. The van der Waals surface area contributed by atoms with Gasteiger partial charge in [-0.15, -0.1) is 0 Å². The van der Waals surface area contributed by atoms with Gasteiger partial charge in [-0.25, -0.2) is 0 Å². The molecular weight excluding hydrogens is 1010 g/mol. The summed E-state index contributed by atoms with van der Waals surface area (Å²) in [5, 5.41) is 3.03. The third-order valence-electron chi connectivity index (χ3n) is 14.9. The molecule has 0 fully saturated rings. The Morgan fingerprint density at radius 1 is 0.463 bits per heavy atom. The number of nitrogens with zero attached hydrogens (tertiary/aromatic N) is 1. The van der Waals surface area contributed by atoms with Crippen molar-refractivity contribution < 1.29 is 37.3 Å². The van der Waals surface area contributed by atoms with Gasteiger partial charge in [0.05, 0.1) is 33.8 Å². The molecule has 0 aromatic heterocycles. The van der Waals surface area contributed by atoms with E-state index >= 15 is 0 Å². The minimum Gasteiger partial charge on any atom is -0.756 e. The van der Waals surface area contributed by atoms with Crippen molar-refractivity contribution in [1.82, 2.24) is 5.32 Å². The average Bonchev–Trinajstić information content (AvgIpc) is 3.42. The summed E-state index contributed by atoms with van der Waals surface area (Å²) in [6.07, 6.45) is 77.4. The molecule has 0 aromatic rings. The summed E-state index contributed by atoms with van der Waals surface area (Å²) in [5.74, 6) is -0.547. The number of phosphoric ester groups is 1. The monoisotopic (exact) mass is 1140 g/mol. The lowest BCUT2D eigenvalue weighted by Gasteiger charge is -2.30. The van der Waals surface area contributed by atoms with E-state index < -0.39 is 26.6 Å². The number of unbranched alkanes of at least 4 members (excludes halogenated alkanes) is 37. The molecule has 0 heterocycles. The van der Waals surface area contributed by atoms with Crippen LogP contribution in [-0.4, -0.2) is 69.4 Å². The summed E-state index contributed by atoms with van der Waals surface area (Å²) in [6.45, 7) is 6.70. The minimum absolute atomic E-state index is 0.0259. The smallest absolute Gasteiger partial charge is 0.306 e. The fourth-order valence-corrected chi connectivity index (χ4v) is 10.5. The first-order valence-corrected chi connectivity index (χ1v) is 35.2. The first-order valence-electron chi connectivity index (χ1n) is 33.8. The van der Waals surface area contributed by atoms with Gasteiger partial charge in [0.1, 0.15) is 19.3 Å². The molecule has 0 saturated carbocycles. The molecule has 0 rings (SSSR count). The predicted octanol–water partition coefficient (Wildman–Crippen LogP) is 20.5. The van der Waals surface area contributed by atoms with Crippen LogP contribution >= 0.6 is 7.82 Å². The first kappa shape index (κ1) is 77.5. The van der Waals surface area contributed by atoms with Crippen molar-refractivity contribution in [2.45, 2.75) is 322 Å². The van der Waals surface area contributed by atoms with E-state index in [1.165, 1.54) is 193 Å². The van der Waals surface area contributed by atoms with Gasteiger partial charge in [0.15, 0.2) is 0 Å². The number of hydrogen-bond donors (Lipinski definition) is 1. The molecule has 0 spiro atoms. The number of rotatable bonds is 61. The summed E-state index contributed by atoms with van der Waals surface area (Å²) in [4.78, 5) is 40.1. The van der Waals surface area contributed by atoms with Crippen molar-refractivity contribution >= 4 is 19.7 Å². The van der Waals surface area contributed by atoms with Crippen LogP contribution in [0.25, 0.3) is 0 Å². The van der Waals surface area contributed by atoms with Crippen LogP contribution in [-0.2, 0) is 27.9 Å².